The molecule has 1 saturated heterocycles. The van der Waals surface area contributed by atoms with Crippen molar-refractivity contribution in [1.82, 2.24) is 19.9 Å². The lowest BCUT2D eigenvalue weighted by atomic mass is 9.94. The van der Waals surface area contributed by atoms with Crippen LogP contribution in [0.1, 0.15) is 35.6 Å². The van der Waals surface area contributed by atoms with E-state index in [0.29, 0.717) is 11.3 Å². The van der Waals surface area contributed by atoms with E-state index in [-0.39, 0.29) is 5.92 Å². The zero-order valence-electron chi connectivity index (χ0n) is 17.2. The molecule has 1 N–H and O–H groups in total. The molecule has 8 heteroatoms. The number of halogens is 3. The number of alkyl halides is 3. The lowest BCUT2D eigenvalue weighted by Crippen LogP contribution is -2.34. The van der Waals surface area contributed by atoms with E-state index in [2.05, 4.69) is 31.2 Å². The minimum Gasteiger partial charge on any atom is -0.373 e. The van der Waals surface area contributed by atoms with E-state index in [1.165, 1.54) is 12.3 Å². The van der Waals surface area contributed by atoms with Gasteiger partial charge in [-0.3, -0.25) is 9.88 Å². The number of nitrogens with one attached hydrogen (secondary N) is 1. The standard InChI is InChI=1S/C23H24F3N5/c1-27-22-18(6-3-9-29-22)15-31-10-4-7-17(14-31)21-13-28-12-20(30-21)16-5-2-8-19(11-16)23(24,25)26/h2-3,5-6,8-9,11-13,17H,4,7,10,14-15H2,1H3,(H,27,29)/t17-/m0/s1. The summed E-state index contributed by atoms with van der Waals surface area (Å²) in [5.41, 5.74) is 2.16. The molecule has 1 atom stereocenters. The number of hydrogen-bond donors (Lipinski definition) is 1. The van der Waals surface area contributed by atoms with Crippen molar-refractivity contribution in [2.75, 3.05) is 25.5 Å². The van der Waals surface area contributed by atoms with Crippen molar-refractivity contribution in [3.63, 3.8) is 0 Å². The summed E-state index contributed by atoms with van der Waals surface area (Å²) in [4.78, 5) is 15.7. The van der Waals surface area contributed by atoms with Gasteiger partial charge in [0.1, 0.15) is 5.82 Å². The highest BCUT2D eigenvalue weighted by molar-refractivity contribution is 5.59. The van der Waals surface area contributed by atoms with Gasteiger partial charge in [-0.15, -0.1) is 0 Å². The summed E-state index contributed by atoms with van der Waals surface area (Å²) in [6.07, 6.45) is 2.63. The van der Waals surface area contributed by atoms with Crippen LogP contribution in [0.25, 0.3) is 11.3 Å². The summed E-state index contributed by atoms with van der Waals surface area (Å²) in [5, 5.41) is 3.13. The summed E-state index contributed by atoms with van der Waals surface area (Å²) in [5.74, 6) is 1.05. The molecule has 162 valence electrons. The fourth-order valence-electron chi connectivity index (χ4n) is 4.04. The van der Waals surface area contributed by atoms with Gasteiger partial charge in [-0.05, 0) is 37.6 Å². The predicted molar refractivity (Wildman–Crippen MR) is 114 cm³/mol. The van der Waals surface area contributed by atoms with Gasteiger partial charge in [-0.2, -0.15) is 13.2 Å². The Kier molecular flexibility index (Phi) is 6.18. The molecule has 4 rings (SSSR count). The van der Waals surface area contributed by atoms with Gasteiger partial charge in [-0.1, -0.05) is 18.2 Å². The van der Waals surface area contributed by atoms with Gasteiger partial charge in [0.2, 0.25) is 0 Å². The third-order valence-corrected chi connectivity index (χ3v) is 5.58. The molecule has 0 bridgehead atoms. The van der Waals surface area contributed by atoms with Crippen LogP contribution in [0.2, 0.25) is 0 Å². The third kappa shape index (κ3) is 5.02. The molecule has 3 heterocycles. The van der Waals surface area contributed by atoms with E-state index < -0.39 is 11.7 Å². The Morgan fingerprint density at radius 2 is 2.03 bits per heavy atom. The highest BCUT2D eigenvalue weighted by atomic mass is 19.4. The van der Waals surface area contributed by atoms with E-state index in [0.717, 1.165) is 61.7 Å². The minimum atomic E-state index is -4.39. The first-order valence-corrected chi connectivity index (χ1v) is 10.3. The number of hydrogen-bond acceptors (Lipinski definition) is 5. The Bertz CT molecular complexity index is 1040. The normalized spacial score (nSPS) is 17.5. The summed E-state index contributed by atoms with van der Waals surface area (Å²) in [7, 11) is 1.86. The Hall–Kier alpha value is -3.00. The topological polar surface area (TPSA) is 53.9 Å². The van der Waals surface area contributed by atoms with Crippen LogP contribution in [-0.4, -0.2) is 40.0 Å². The molecule has 0 saturated carbocycles. The number of anilines is 1. The van der Waals surface area contributed by atoms with Crippen LogP contribution in [0, 0.1) is 0 Å². The average Bonchev–Trinajstić information content (AvgIpc) is 2.79. The summed E-state index contributed by atoms with van der Waals surface area (Å²) >= 11 is 0. The van der Waals surface area contributed by atoms with Crippen LogP contribution < -0.4 is 5.32 Å². The van der Waals surface area contributed by atoms with E-state index in [9.17, 15) is 13.2 Å². The van der Waals surface area contributed by atoms with Crippen molar-refractivity contribution in [3.05, 3.63) is 71.8 Å². The fraction of sp³-hybridized carbons (Fsp3) is 0.348. The van der Waals surface area contributed by atoms with Crippen LogP contribution in [-0.2, 0) is 12.7 Å². The van der Waals surface area contributed by atoms with E-state index in [1.807, 2.05) is 13.1 Å². The lowest BCUT2D eigenvalue weighted by molar-refractivity contribution is -0.137. The van der Waals surface area contributed by atoms with Gasteiger partial charge < -0.3 is 5.32 Å². The molecule has 1 aliphatic heterocycles. The van der Waals surface area contributed by atoms with Crippen molar-refractivity contribution in [2.24, 2.45) is 0 Å². The molecule has 0 amide bonds. The maximum Gasteiger partial charge on any atom is 0.416 e. The molecule has 0 radical (unpaired) electrons. The van der Waals surface area contributed by atoms with Crippen molar-refractivity contribution in [1.29, 1.82) is 0 Å². The maximum absolute atomic E-state index is 13.1. The monoisotopic (exact) mass is 427 g/mol. The third-order valence-electron chi connectivity index (χ3n) is 5.58. The van der Waals surface area contributed by atoms with Gasteiger partial charge in [-0.25, -0.2) is 9.97 Å². The predicted octanol–water partition coefficient (Wildman–Crippen LogP) is 4.98. The van der Waals surface area contributed by atoms with E-state index in [4.69, 9.17) is 0 Å². The molecular weight excluding hydrogens is 403 g/mol. The van der Waals surface area contributed by atoms with Gasteiger partial charge in [0.15, 0.2) is 0 Å². The van der Waals surface area contributed by atoms with Gasteiger partial charge in [0.05, 0.1) is 23.1 Å². The Balaban J connectivity index is 1.52. The van der Waals surface area contributed by atoms with Crippen LogP contribution in [0.5, 0.6) is 0 Å². The van der Waals surface area contributed by atoms with Crippen LogP contribution >= 0.6 is 0 Å². The van der Waals surface area contributed by atoms with Crippen molar-refractivity contribution in [2.45, 2.75) is 31.5 Å². The van der Waals surface area contributed by atoms with E-state index >= 15 is 0 Å². The molecule has 2 aromatic heterocycles. The van der Waals surface area contributed by atoms with Crippen LogP contribution in [0.4, 0.5) is 19.0 Å². The molecule has 1 fully saturated rings. The number of likely N-dealkylation sites (tertiary alicyclic amines) is 1. The minimum absolute atomic E-state index is 0.182. The molecule has 3 aromatic rings. The van der Waals surface area contributed by atoms with E-state index in [1.54, 1.807) is 18.5 Å². The van der Waals surface area contributed by atoms with Gasteiger partial charge >= 0.3 is 6.18 Å². The van der Waals surface area contributed by atoms with Crippen LogP contribution in [0.15, 0.2) is 55.0 Å². The number of benzene rings is 1. The van der Waals surface area contributed by atoms with Crippen molar-refractivity contribution < 1.29 is 13.2 Å². The number of rotatable bonds is 5. The maximum atomic E-state index is 13.1. The lowest BCUT2D eigenvalue weighted by Gasteiger charge is -2.32. The SMILES string of the molecule is CNc1ncccc1CN1CCC[C@H](c2cncc(-c3cccc(C(F)(F)F)c3)n2)C1. The average molecular weight is 427 g/mol. The van der Waals surface area contributed by atoms with Crippen molar-refractivity contribution in [3.8, 4) is 11.3 Å². The fourth-order valence-corrected chi connectivity index (χ4v) is 4.04. The zero-order valence-corrected chi connectivity index (χ0v) is 17.2. The second-order valence-electron chi connectivity index (χ2n) is 7.74. The first-order valence-electron chi connectivity index (χ1n) is 10.3. The molecule has 1 aromatic carbocycles. The molecular formula is C23H24F3N5. The Labute approximate surface area is 179 Å². The Morgan fingerprint density at radius 1 is 1.16 bits per heavy atom. The second kappa shape index (κ2) is 9.01. The molecule has 0 unspecified atom stereocenters. The zero-order chi connectivity index (χ0) is 21.8. The summed E-state index contributed by atoms with van der Waals surface area (Å²) < 4.78 is 39.2. The largest absolute Gasteiger partial charge is 0.416 e. The van der Waals surface area contributed by atoms with Gasteiger partial charge in [0.25, 0.3) is 0 Å². The Morgan fingerprint density at radius 3 is 2.84 bits per heavy atom. The highest BCUT2D eigenvalue weighted by Crippen LogP contribution is 2.32. The second-order valence-corrected chi connectivity index (χ2v) is 7.74. The first kappa shape index (κ1) is 21.2. The molecule has 31 heavy (non-hydrogen) atoms. The first-order chi connectivity index (χ1) is 14.9. The van der Waals surface area contributed by atoms with Gasteiger partial charge in [0, 0.05) is 49.6 Å². The summed E-state index contributed by atoms with van der Waals surface area (Å²) in [6.45, 7) is 2.58. The highest BCUT2D eigenvalue weighted by Gasteiger charge is 2.30. The van der Waals surface area contributed by atoms with Crippen LogP contribution in [0.3, 0.4) is 0 Å². The quantitative estimate of drug-likeness (QED) is 0.623. The number of nitrogens with zero attached hydrogens (tertiary/aromatic N) is 4. The number of aromatic nitrogens is 3. The smallest absolute Gasteiger partial charge is 0.373 e. The molecule has 0 aliphatic carbocycles. The molecule has 1 aliphatic rings. The van der Waals surface area contributed by atoms with Crippen molar-refractivity contribution >= 4 is 5.82 Å². The molecule has 0 spiro atoms. The molecule has 5 nitrogen and oxygen atoms in total. The number of pyridine rings is 1. The summed E-state index contributed by atoms with van der Waals surface area (Å²) in [6, 6.07) is 9.23. The number of piperidine rings is 1.